The highest BCUT2D eigenvalue weighted by Gasteiger charge is 2.31. The van der Waals surface area contributed by atoms with Crippen molar-refractivity contribution in [3.63, 3.8) is 0 Å². The van der Waals surface area contributed by atoms with Crippen molar-refractivity contribution >= 4 is 21.8 Å². The summed E-state index contributed by atoms with van der Waals surface area (Å²) in [5.74, 6) is 0.470. The number of carbonyl (C=O) groups excluding carboxylic acids is 2. The third kappa shape index (κ3) is 9.72. The van der Waals surface area contributed by atoms with Gasteiger partial charge in [-0.2, -0.15) is 4.31 Å². The molecule has 0 aliphatic heterocycles. The van der Waals surface area contributed by atoms with Crippen LogP contribution in [0.15, 0.2) is 82.4 Å². The number of amides is 2. The van der Waals surface area contributed by atoms with Crippen molar-refractivity contribution in [3.8, 4) is 5.75 Å². The summed E-state index contributed by atoms with van der Waals surface area (Å²) in [6.45, 7) is 7.29. The molecule has 2 aromatic heterocycles. The lowest BCUT2D eigenvalue weighted by molar-refractivity contribution is 0.0760. The normalized spacial score (nSPS) is 12.9. The summed E-state index contributed by atoms with van der Waals surface area (Å²) < 4.78 is 39.4. The molecule has 0 saturated carbocycles. The number of benzene rings is 2. The molecule has 0 saturated heterocycles. The van der Waals surface area contributed by atoms with Crippen LogP contribution in [0.25, 0.3) is 0 Å². The van der Waals surface area contributed by atoms with E-state index in [0.29, 0.717) is 35.9 Å². The zero-order valence-electron chi connectivity index (χ0n) is 27.8. The van der Waals surface area contributed by atoms with Crippen LogP contribution >= 0.6 is 0 Å². The average molecular weight is 678 g/mol. The summed E-state index contributed by atoms with van der Waals surface area (Å²) in [7, 11) is -2.50. The predicted octanol–water partition coefficient (Wildman–Crippen LogP) is 4.06. The van der Waals surface area contributed by atoms with Crippen LogP contribution in [0.5, 0.6) is 5.75 Å². The molecule has 12 nitrogen and oxygen atoms in total. The molecule has 2 amide bonds. The number of nitrogens with zero attached hydrogens (tertiary/aromatic N) is 3. The molecule has 2 atom stereocenters. The Morgan fingerprint density at radius 3 is 2.25 bits per heavy atom. The third-order valence-electron chi connectivity index (χ3n) is 7.70. The lowest BCUT2D eigenvalue weighted by Crippen LogP contribution is -2.50. The van der Waals surface area contributed by atoms with Gasteiger partial charge < -0.3 is 24.9 Å². The van der Waals surface area contributed by atoms with E-state index in [9.17, 15) is 23.1 Å². The lowest BCUT2D eigenvalue weighted by atomic mass is 10.00. The molecule has 0 fully saturated rings. The van der Waals surface area contributed by atoms with E-state index in [4.69, 9.17) is 9.15 Å². The van der Waals surface area contributed by atoms with Crippen LogP contribution < -0.4 is 15.4 Å². The van der Waals surface area contributed by atoms with Crippen molar-refractivity contribution in [2.24, 2.45) is 5.92 Å². The van der Waals surface area contributed by atoms with Crippen molar-refractivity contribution in [2.45, 2.75) is 64.1 Å². The SMILES string of the molecule is COc1ccc(S(=O)(=O)N(CC(C)C)CC(O)C(CCc2ccccc2)NC(=O)c2cncc(C(=O)NCc3oc(C)nc3C)c2)cc1. The van der Waals surface area contributed by atoms with E-state index < -0.39 is 34.0 Å². The number of aromatic nitrogens is 2. The molecule has 4 aromatic rings. The molecule has 0 bridgehead atoms. The number of sulfonamides is 1. The van der Waals surface area contributed by atoms with Crippen molar-refractivity contribution < 1.29 is 32.3 Å². The van der Waals surface area contributed by atoms with Crippen molar-refractivity contribution in [1.29, 1.82) is 0 Å². The molecular formula is C35H43N5O7S. The van der Waals surface area contributed by atoms with Gasteiger partial charge in [0.1, 0.15) is 11.5 Å². The maximum Gasteiger partial charge on any atom is 0.253 e. The second kappa shape index (κ2) is 16.5. The summed E-state index contributed by atoms with van der Waals surface area (Å²) >= 11 is 0. The van der Waals surface area contributed by atoms with Gasteiger partial charge in [0.25, 0.3) is 11.8 Å². The number of nitrogens with one attached hydrogen (secondary N) is 2. The average Bonchev–Trinajstić information content (AvgIpc) is 3.41. The van der Waals surface area contributed by atoms with Gasteiger partial charge in [0, 0.05) is 32.4 Å². The molecule has 0 aliphatic carbocycles. The first kappa shape index (κ1) is 36.2. The quantitative estimate of drug-likeness (QED) is 0.159. The summed E-state index contributed by atoms with van der Waals surface area (Å²) in [6, 6.07) is 16.2. The molecule has 0 radical (unpaired) electrons. The van der Waals surface area contributed by atoms with E-state index in [1.807, 2.05) is 44.2 Å². The fraction of sp³-hybridized carbons (Fsp3) is 0.371. The highest BCUT2D eigenvalue weighted by molar-refractivity contribution is 7.89. The Bertz CT molecular complexity index is 1780. The number of aliphatic hydroxyl groups is 1. The zero-order chi connectivity index (χ0) is 34.8. The second-order valence-electron chi connectivity index (χ2n) is 11.9. The number of carbonyl (C=O) groups is 2. The monoisotopic (exact) mass is 677 g/mol. The number of pyridine rings is 1. The number of ether oxygens (including phenoxy) is 1. The van der Waals surface area contributed by atoms with Gasteiger partial charge in [0.05, 0.1) is 47.5 Å². The van der Waals surface area contributed by atoms with Crippen molar-refractivity contribution in [3.05, 3.63) is 107 Å². The fourth-order valence-corrected chi connectivity index (χ4v) is 6.80. The molecule has 13 heteroatoms. The number of aryl methyl sites for hydroxylation is 3. The summed E-state index contributed by atoms with van der Waals surface area (Å²) in [5, 5.41) is 17.2. The van der Waals surface area contributed by atoms with Gasteiger partial charge in [0.2, 0.25) is 10.0 Å². The largest absolute Gasteiger partial charge is 0.497 e. The van der Waals surface area contributed by atoms with E-state index >= 15 is 0 Å². The Hall–Kier alpha value is -4.59. The number of hydrogen-bond acceptors (Lipinski definition) is 9. The van der Waals surface area contributed by atoms with Crippen molar-refractivity contribution in [1.82, 2.24) is 24.9 Å². The minimum Gasteiger partial charge on any atom is -0.497 e. The molecule has 0 spiro atoms. The van der Waals surface area contributed by atoms with Crippen LogP contribution in [0, 0.1) is 19.8 Å². The van der Waals surface area contributed by atoms with Gasteiger partial charge in [-0.1, -0.05) is 44.2 Å². The molecular weight excluding hydrogens is 634 g/mol. The number of rotatable bonds is 16. The predicted molar refractivity (Wildman–Crippen MR) is 180 cm³/mol. The van der Waals surface area contributed by atoms with Gasteiger partial charge >= 0.3 is 0 Å². The Morgan fingerprint density at radius 2 is 1.65 bits per heavy atom. The second-order valence-corrected chi connectivity index (χ2v) is 13.9. The maximum absolute atomic E-state index is 13.7. The number of aliphatic hydroxyl groups excluding tert-OH is 1. The van der Waals surface area contributed by atoms with Gasteiger partial charge in [0.15, 0.2) is 5.89 Å². The van der Waals surface area contributed by atoms with Gasteiger partial charge in [-0.15, -0.1) is 0 Å². The van der Waals surface area contributed by atoms with Crippen LogP contribution in [0.3, 0.4) is 0 Å². The standard InChI is InChI=1S/C35H43N5O7S/c1-23(2)21-40(48(44,45)30-14-12-29(46-5)13-15-30)22-32(41)31(16-11-26-9-7-6-8-10-26)39-35(43)28-17-27(18-36-19-28)34(42)37-20-33-24(3)38-25(4)47-33/h6-10,12-15,17-19,23,31-32,41H,11,16,20-22H2,1-5H3,(H,37,42)(H,39,43). The molecule has 2 unspecified atom stereocenters. The van der Waals surface area contributed by atoms with Crippen molar-refractivity contribution in [2.75, 3.05) is 20.2 Å². The lowest BCUT2D eigenvalue weighted by Gasteiger charge is -2.30. The van der Waals surface area contributed by atoms with Crippen LogP contribution in [-0.4, -0.2) is 72.0 Å². The van der Waals surface area contributed by atoms with Crippen LogP contribution in [0.2, 0.25) is 0 Å². The number of hydrogen-bond donors (Lipinski definition) is 3. The molecule has 256 valence electrons. The summed E-state index contributed by atoms with van der Waals surface area (Å²) in [6.07, 6.45) is 2.24. The van der Waals surface area contributed by atoms with E-state index in [-0.39, 0.29) is 41.6 Å². The molecule has 0 aliphatic rings. The first-order valence-corrected chi connectivity index (χ1v) is 17.1. The Kier molecular flexibility index (Phi) is 12.5. The Balaban J connectivity index is 1.53. The molecule has 2 heterocycles. The first-order chi connectivity index (χ1) is 22.9. The minimum atomic E-state index is -4.00. The van der Waals surface area contributed by atoms with Gasteiger partial charge in [-0.05, 0) is 61.6 Å². The molecule has 2 aromatic carbocycles. The molecule has 48 heavy (non-hydrogen) atoms. The minimum absolute atomic E-state index is 0.0421. The highest BCUT2D eigenvalue weighted by atomic mass is 32.2. The maximum atomic E-state index is 13.7. The van der Waals surface area contributed by atoms with E-state index in [2.05, 4.69) is 20.6 Å². The van der Waals surface area contributed by atoms with Crippen LogP contribution in [0.4, 0.5) is 0 Å². The molecule has 3 N–H and O–H groups in total. The Morgan fingerprint density at radius 1 is 0.979 bits per heavy atom. The first-order valence-electron chi connectivity index (χ1n) is 15.7. The highest BCUT2D eigenvalue weighted by Crippen LogP contribution is 2.22. The Labute approximate surface area is 281 Å². The van der Waals surface area contributed by atoms with Gasteiger partial charge in [-0.3, -0.25) is 14.6 Å². The van der Waals surface area contributed by atoms with E-state index in [1.165, 1.54) is 42.0 Å². The fourth-order valence-electron chi connectivity index (χ4n) is 5.18. The summed E-state index contributed by atoms with van der Waals surface area (Å²) in [5.41, 5.74) is 1.93. The summed E-state index contributed by atoms with van der Waals surface area (Å²) in [4.78, 5) is 34.8. The smallest absolute Gasteiger partial charge is 0.253 e. The van der Waals surface area contributed by atoms with Crippen LogP contribution in [0.1, 0.15) is 63.9 Å². The molecule has 4 rings (SSSR count). The van der Waals surface area contributed by atoms with Gasteiger partial charge in [-0.25, -0.2) is 13.4 Å². The number of methoxy groups -OCH3 is 1. The topological polar surface area (TPSA) is 164 Å². The zero-order valence-corrected chi connectivity index (χ0v) is 28.7. The van der Waals surface area contributed by atoms with E-state index in [0.717, 1.165) is 5.56 Å². The van der Waals surface area contributed by atoms with Crippen LogP contribution in [-0.2, 0) is 23.0 Å². The van der Waals surface area contributed by atoms with E-state index in [1.54, 1.807) is 26.0 Å². The third-order valence-corrected chi connectivity index (χ3v) is 9.54. The number of oxazole rings is 1.